The average molecular weight is 396 g/mol. The second-order valence-corrected chi connectivity index (χ2v) is 4.89. The highest BCUT2D eigenvalue weighted by atomic mass is 127. The molecule has 0 aromatic rings. The molecule has 0 aliphatic carbocycles. The van der Waals surface area contributed by atoms with E-state index in [0.717, 1.165) is 58.1 Å². The van der Waals surface area contributed by atoms with Gasteiger partial charge in [0.25, 0.3) is 5.91 Å². The molecule has 116 valence electrons. The minimum Gasteiger partial charge on any atom is -0.368 e. The van der Waals surface area contributed by atoms with Gasteiger partial charge in [-0.3, -0.25) is 9.79 Å². The summed E-state index contributed by atoms with van der Waals surface area (Å²) in [6, 6.07) is 0. The highest BCUT2D eigenvalue weighted by molar-refractivity contribution is 14.0. The Kier molecular flexibility index (Phi) is 7.57. The van der Waals surface area contributed by atoms with E-state index in [9.17, 15) is 4.79 Å². The summed E-state index contributed by atoms with van der Waals surface area (Å²) in [5.41, 5.74) is 0. The monoisotopic (exact) mass is 396 g/mol. The van der Waals surface area contributed by atoms with Gasteiger partial charge in [-0.15, -0.1) is 24.0 Å². The summed E-state index contributed by atoms with van der Waals surface area (Å²) in [5.74, 6) is 1.09. The lowest BCUT2D eigenvalue weighted by Crippen LogP contribution is -2.55. The fourth-order valence-corrected chi connectivity index (χ4v) is 2.61. The molecule has 0 aromatic carbocycles. The molecule has 1 amide bonds. The Morgan fingerprint density at radius 1 is 1.30 bits per heavy atom. The number of halogens is 1. The van der Waals surface area contributed by atoms with Crippen molar-refractivity contribution in [2.75, 3.05) is 46.4 Å². The standard InChI is InChI=1S/C13H24N4O2.HI/c1-3-15-13(14-2)17-8-6-16(7-9-17)12(18)11-5-4-10-19-11;/h11H,3-10H2,1-2H3,(H,14,15);1H. The number of hydrogen-bond acceptors (Lipinski definition) is 3. The highest BCUT2D eigenvalue weighted by Crippen LogP contribution is 2.15. The number of carbonyl (C=O) groups is 1. The van der Waals surface area contributed by atoms with Crippen LogP contribution in [0.15, 0.2) is 4.99 Å². The van der Waals surface area contributed by atoms with Gasteiger partial charge < -0.3 is 19.9 Å². The Bertz CT molecular complexity index is 337. The third-order valence-corrected chi connectivity index (χ3v) is 3.64. The number of aliphatic imine (C=N–C) groups is 1. The average Bonchev–Trinajstić information content (AvgIpc) is 2.98. The molecule has 2 fully saturated rings. The van der Waals surface area contributed by atoms with Gasteiger partial charge in [-0.1, -0.05) is 0 Å². The first-order chi connectivity index (χ1) is 9.26. The van der Waals surface area contributed by atoms with Crippen LogP contribution < -0.4 is 5.32 Å². The van der Waals surface area contributed by atoms with Gasteiger partial charge in [-0.2, -0.15) is 0 Å². The number of nitrogens with one attached hydrogen (secondary N) is 1. The smallest absolute Gasteiger partial charge is 0.251 e. The topological polar surface area (TPSA) is 57.2 Å². The molecule has 0 aromatic heterocycles. The van der Waals surface area contributed by atoms with E-state index in [4.69, 9.17) is 4.74 Å². The molecular weight excluding hydrogens is 371 g/mol. The largest absolute Gasteiger partial charge is 0.368 e. The third kappa shape index (κ3) is 4.21. The van der Waals surface area contributed by atoms with Gasteiger partial charge in [0.15, 0.2) is 5.96 Å². The van der Waals surface area contributed by atoms with Crippen LogP contribution in [0.1, 0.15) is 19.8 Å². The van der Waals surface area contributed by atoms with Crippen LogP contribution in [-0.2, 0) is 9.53 Å². The van der Waals surface area contributed by atoms with E-state index in [0.29, 0.717) is 0 Å². The number of guanidine groups is 1. The number of carbonyl (C=O) groups excluding carboxylic acids is 1. The predicted octanol–water partition coefficient (Wildman–Crippen LogP) is 0.523. The molecule has 2 saturated heterocycles. The molecule has 2 aliphatic rings. The summed E-state index contributed by atoms with van der Waals surface area (Å²) >= 11 is 0. The maximum Gasteiger partial charge on any atom is 0.251 e. The number of piperazine rings is 1. The number of rotatable bonds is 2. The van der Waals surface area contributed by atoms with Gasteiger partial charge in [0.05, 0.1) is 0 Å². The minimum absolute atomic E-state index is 0. The summed E-state index contributed by atoms with van der Waals surface area (Å²) in [7, 11) is 1.79. The van der Waals surface area contributed by atoms with Crippen molar-refractivity contribution in [3.05, 3.63) is 0 Å². The van der Waals surface area contributed by atoms with E-state index in [1.807, 2.05) is 4.90 Å². The van der Waals surface area contributed by atoms with Crippen LogP contribution in [0.25, 0.3) is 0 Å². The zero-order chi connectivity index (χ0) is 13.7. The second-order valence-electron chi connectivity index (χ2n) is 4.89. The Morgan fingerprint density at radius 3 is 2.45 bits per heavy atom. The molecule has 0 spiro atoms. The maximum atomic E-state index is 12.2. The van der Waals surface area contributed by atoms with Crippen molar-refractivity contribution in [2.45, 2.75) is 25.9 Å². The van der Waals surface area contributed by atoms with E-state index in [-0.39, 0.29) is 36.0 Å². The van der Waals surface area contributed by atoms with Gasteiger partial charge in [0.1, 0.15) is 6.10 Å². The quantitative estimate of drug-likeness (QED) is 0.420. The van der Waals surface area contributed by atoms with Gasteiger partial charge in [-0.05, 0) is 19.8 Å². The molecule has 2 heterocycles. The second kappa shape index (κ2) is 8.66. The van der Waals surface area contributed by atoms with E-state index in [2.05, 4.69) is 22.1 Å². The first-order valence-corrected chi connectivity index (χ1v) is 7.12. The lowest BCUT2D eigenvalue weighted by atomic mass is 10.2. The molecular formula is C13H25IN4O2. The first-order valence-electron chi connectivity index (χ1n) is 7.12. The van der Waals surface area contributed by atoms with Crippen molar-refractivity contribution in [3.63, 3.8) is 0 Å². The molecule has 2 rings (SSSR count). The third-order valence-electron chi connectivity index (χ3n) is 3.64. The summed E-state index contributed by atoms with van der Waals surface area (Å²) < 4.78 is 5.46. The van der Waals surface area contributed by atoms with Crippen LogP contribution >= 0.6 is 24.0 Å². The first kappa shape index (κ1) is 17.5. The summed E-state index contributed by atoms with van der Waals surface area (Å²) in [6.45, 7) is 6.82. The lowest BCUT2D eigenvalue weighted by Gasteiger charge is -2.37. The fourth-order valence-electron chi connectivity index (χ4n) is 2.61. The maximum absolute atomic E-state index is 12.2. The number of ether oxygens (including phenoxy) is 1. The van der Waals surface area contributed by atoms with Crippen molar-refractivity contribution < 1.29 is 9.53 Å². The van der Waals surface area contributed by atoms with E-state index in [1.165, 1.54) is 0 Å². The molecule has 0 saturated carbocycles. The van der Waals surface area contributed by atoms with Gasteiger partial charge in [0, 0.05) is 46.4 Å². The zero-order valence-corrected chi connectivity index (χ0v) is 14.6. The van der Waals surface area contributed by atoms with Crippen molar-refractivity contribution in [1.82, 2.24) is 15.1 Å². The summed E-state index contributed by atoms with van der Waals surface area (Å²) in [6.07, 6.45) is 1.68. The predicted molar refractivity (Wildman–Crippen MR) is 89.6 cm³/mol. The summed E-state index contributed by atoms with van der Waals surface area (Å²) in [5, 5.41) is 3.25. The van der Waals surface area contributed by atoms with Gasteiger partial charge in [-0.25, -0.2) is 0 Å². The summed E-state index contributed by atoms with van der Waals surface area (Å²) in [4.78, 5) is 20.6. The molecule has 6 nitrogen and oxygen atoms in total. The van der Waals surface area contributed by atoms with Crippen molar-refractivity contribution >= 4 is 35.8 Å². The fraction of sp³-hybridized carbons (Fsp3) is 0.846. The number of hydrogen-bond donors (Lipinski definition) is 1. The molecule has 7 heteroatoms. The molecule has 20 heavy (non-hydrogen) atoms. The molecule has 1 unspecified atom stereocenters. The van der Waals surface area contributed by atoms with E-state index >= 15 is 0 Å². The Hall–Kier alpha value is -0.570. The number of nitrogens with zero attached hydrogens (tertiary/aromatic N) is 3. The van der Waals surface area contributed by atoms with Crippen LogP contribution in [0.2, 0.25) is 0 Å². The molecule has 0 bridgehead atoms. The van der Waals surface area contributed by atoms with Gasteiger partial charge in [0.2, 0.25) is 0 Å². The Labute approximate surface area is 137 Å². The van der Waals surface area contributed by atoms with E-state index in [1.54, 1.807) is 7.05 Å². The van der Waals surface area contributed by atoms with Gasteiger partial charge >= 0.3 is 0 Å². The highest BCUT2D eigenvalue weighted by Gasteiger charge is 2.30. The van der Waals surface area contributed by atoms with Crippen molar-refractivity contribution in [1.29, 1.82) is 0 Å². The van der Waals surface area contributed by atoms with Crippen molar-refractivity contribution in [2.24, 2.45) is 4.99 Å². The SMILES string of the molecule is CCNC(=NC)N1CCN(C(=O)C2CCCO2)CC1.I. The van der Waals surface area contributed by atoms with Crippen molar-refractivity contribution in [3.8, 4) is 0 Å². The molecule has 1 atom stereocenters. The minimum atomic E-state index is -0.195. The van der Waals surface area contributed by atoms with E-state index < -0.39 is 0 Å². The molecule has 1 N–H and O–H groups in total. The Balaban J connectivity index is 0.00000200. The van der Waals surface area contributed by atoms with Crippen LogP contribution in [0.4, 0.5) is 0 Å². The normalized spacial score (nSPS) is 23.5. The van der Waals surface area contributed by atoms with Crippen LogP contribution in [-0.4, -0.2) is 74.1 Å². The zero-order valence-electron chi connectivity index (χ0n) is 12.3. The van der Waals surface area contributed by atoms with Crippen LogP contribution in [0, 0.1) is 0 Å². The van der Waals surface area contributed by atoms with Crippen LogP contribution in [0.5, 0.6) is 0 Å². The molecule has 0 radical (unpaired) electrons. The molecule has 2 aliphatic heterocycles. The lowest BCUT2D eigenvalue weighted by molar-refractivity contribution is -0.142. The van der Waals surface area contributed by atoms with Crippen LogP contribution in [0.3, 0.4) is 0 Å². The number of amides is 1. The Morgan fingerprint density at radius 2 is 1.95 bits per heavy atom.